The first-order valence-electron chi connectivity index (χ1n) is 9.57. The lowest BCUT2D eigenvalue weighted by Crippen LogP contribution is -2.37. The summed E-state index contributed by atoms with van der Waals surface area (Å²) in [6.45, 7) is 6.42. The first kappa shape index (κ1) is 19.5. The molecule has 1 heterocycles. The second kappa shape index (κ2) is 8.65. The van der Waals surface area contributed by atoms with Gasteiger partial charge in [0.05, 0.1) is 5.69 Å². The summed E-state index contributed by atoms with van der Waals surface area (Å²) >= 11 is 0. The molecule has 0 radical (unpaired) electrons. The van der Waals surface area contributed by atoms with Crippen LogP contribution in [0.1, 0.15) is 25.0 Å². The number of rotatable bonds is 6. The van der Waals surface area contributed by atoms with E-state index in [1.165, 1.54) is 16.3 Å². The fourth-order valence-corrected chi connectivity index (χ4v) is 3.19. The molecule has 3 aromatic rings. The molecule has 144 valence electrons. The maximum Gasteiger partial charge on any atom is 0.267 e. The molecule has 28 heavy (non-hydrogen) atoms. The summed E-state index contributed by atoms with van der Waals surface area (Å²) in [5, 5.41) is 4.43. The maximum atomic E-state index is 12.9. The van der Waals surface area contributed by atoms with Crippen LogP contribution in [0.2, 0.25) is 0 Å². The highest BCUT2D eigenvalue weighted by Gasteiger charge is 2.17. The van der Waals surface area contributed by atoms with Crippen molar-refractivity contribution in [2.24, 2.45) is 0 Å². The zero-order valence-corrected chi connectivity index (χ0v) is 16.6. The van der Waals surface area contributed by atoms with Crippen LogP contribution in [0, 0.1) is 6.92 Å². The molecule has 0 unspecified atom stereocenters. The maximum absolute atomic E-state index is 12.9. The van der Waals surface area contributed by atoms with Crippen molar-refractivity contribution in [1.82, 2.24) is 9.78 Å². The van der Waals surface area contributed by atoms with Crippen LogP contribution < -0.4 is 10.5 Å². The molecule has 2 aromatic carbocycles. The Balaban J connectivity index is 1.87. The van der Waals surface area contributed by atoms with E-state index < -0.39 is 0 Å². The van der Waals surface area contributed by atoms with Gasteiger partial charge in [0, 0.05) is 23.9 Å². The molecule has 5 heteroatoms. The van der Waals surface area contributed by atoms with Gasteiger partial charge in [-0.1, -0.05) is 49.4 Å². The van der Waals surface area contributed by atoms with Crippen LogP contribution in [0.4, 0.5) is 5.69 Å². The van der Waals surface area contributed by atoms with Gasteiger partial charge < -0.3 is 4.90 Å². The average Bonchev–Trinajstić information content (AvgIpc) is 2.71. The van der Waals surface area contributed by atoms with Gasteiger partial charge in [-0.25, -0.2) is 4.68 Å². The van der Waals surface area contributed by atoms with Crippen molar-refractivity contribution in [1.29, 1.82) is 0 Å². The molecular formula is C23H25N3O2. The fraction of sp³-hybridized carbons (Fsp3) is 0.261. The summed E-state index contributed by atoms with van der Waals surface area (Å²) in [7, 11) is 0. The van der Waals surface area contributed by atoms with E-state index in [-0.39, 0.29) is 18.0 Å². The molecule has 0 aliphatic heterocycles. The van der Waals surface area contributed by atoms with Gasteiger partial charge in [-0.05, 0) is 43.5 Å². The summed E-state index contributed by atoms with van der Waals surface area (Å²) in [5.41, 5.74) is 4.42. The highest BCUT2D eigenvalue weighted by atomic mass is 16.2. The first-order valence-corrected chi connectivity index (χ1v) is 9.57. The summed E-state index contributed by atoms with van der Waals surface area (Å²) in [5.74, 6) is -0.162. The smallest absolute Gasteiger partial charge is 0.267 e. The van der Waals surface area contributed by atoms with E-state index in [9.17, 15) is 9.59 Å². The van der Waals surface area contributed by atoms with E-state index in [1.807, 2.05) is 50.2 Å². The molecule has 0 aliphatic rings. The van der Waals surface area contributed by atoms with Crippen LogP contribution >= 0.6 is 0 Å². The van der Waals surface area contributed by atoms with Crippen LogP contribution in [-0.2, 0) is 17.8 Å². The van der Waals surface area contributed by atoms with Gasteiger partial charge in [0.2, 0.25) is 5.91 Å². The van der Waals surface area contributed by atoms with Crippen LogP contribution in [0.5, 0.6) is 0 Å². The van der Waals surface area contributed by atoms with Crippen LogP contribution in [0.25, 0.3) is 11.3 Å². The topological polar surface area (TPSA) is 55.2 Å². The number of hydrogen-bond donors (Lipinski definition) is 0. The Morgan fingerprint density at radius 2 is 1.71 bits per heavy atom. The van der Waals surface area contributed by atoms with Crippen LogP contribution in [0.3, 0.4) is 0 Å². The number of carbonyl (C=O) groups is 1. The molecule has 0 saturated carbocycles. The molecule has 0 bridgehead atoms. The zero-order valence-electron chi connectivity index (χ0n) is 16.6. The Morgan fingerprint density at radius 3 is 2.36 bits per heavy atom. The van der Waals surface area contributed by atoms with E-state index >= 15 is 0 Å². The molecule has 3 rings (SSSR count). The number of carbonyl (C=O) groups excluding carboxylic acids is 1. The Morgan fingerprint density at radius 1 is 1.00 bits per heavy atom. The van der Waals surface area contributed by atoms with Gasteiger partial charge in [-0.3, -0.25) is 9.59 Å². The normalized spacial score (nSPS) is 10.7. The van der Waals surface area contributed by atoms with Crippen molar-refractivity contribution in [2.45, 2.75) is 33.7 Å². The van der Waals surface area contributed by atoms with E-state index in [2.05, 4.69) is 24.2 Å². The molecule has 1 aromatic heterocycles. The number of amides is 1. The molecular weight excluding hydrogens is 350 g/mol. The van der Waals surface area contributed by atoms with Crippen molar-refractivity contribution in [3.05, 3.63) is 82.1 Å². The first-order chi connectivity index (χ1) is 13.5. The zero-order chi connectivity index (χ0) is 20.1. The van der Waals surface area contributed by atoms with E-state index in [1.54, 1.807) is 11.0 Å². The van der Waals surface area contributed by atoms with Gasteiger partial charge in [0.15, 0.2) is 0 Å². The number of aromatic nitrogens is 2. The van der Waals surface area contributed by atoms with Crippen LogP contribution in [-0.4, -0.2) is 22.2 Å². The molecule has 0 N–H and O–H groups in total. The largest absolute Gasteiger partial charge is 0.311 e. The molecule has 0 aliphatic carbocycles. The summed E-state index contributed by atoms with van der Waals surface area (Å²) in [6.07, 6.45) is 0.966. The summed E-state index contributed by atoms with van der Waals surface area (Å²) < 4.78 is 1.24. The Bertz CT molecular complexity index is 1020. The van der Waals surface area contributed by atoms with E-state index in [0.717, 1.165) is 23.2 Å². The lowest BCUT2D eigenvalue weighted by atomic mass is 10.1. The van der Waals surface area contributed by atoms with Crippen LogP contribution in [0.15, 0.2) is 65.5 Å². The highest BCUT2D eigenvalue weighted by molar-refractivity contribution is 5.93. The Hall–Kier alpha value is -3.21. The average molecular weight is 375 g/mol. The van der Waals surface area contributed by atoms with Crippen molar-refractivity contribution in [3.8, 4) is 11.3 Å². The minimum Gasteiger partial charge on any atom is -0.311 e. The minimum absolute atomic E-state index is 0.0953. The predicted molar refractivity (Wildman–Crippen MR) is 113 cm³/mol. The van der Waals surface area contributed by atoms with Gasteiger partial charge in [-0.15, -0.1) is 0 Å². The lowest BCUT2D eigenvalue weighted by molar-refractivity contribution is -0.119. The molecule has 1 amide bonds. The second-order valence-corrected chi connectivity index (χ2v) is 6.69. The standard InChI is InChI=1S/C23H25N3O2/c1-4-18-10-12-19(13-11-18)20-14-15-22(27)26(24-20)16-23(28)25(5-2)21-9-7-6-8-17(21)3/h6-15H,4-5,16H2,1-3H3. The Labute approximate surface area is 165 Å². The predicted octanol–water partition coefficient (Wildman–Crippen LogP) is 3.83. The number of anilines is 1. The Kier molecular flexibility index (Phi) is 6.04. The summed E-state index contributed by atoms with van der Waals surface area (Å²) in [4.78, 5) is 26.9. The number of para-hydroxylation sites is 1. The van der Waals surface area contributed by atoms with Gasteiger partial charge in [0.1, 0.15) is 6.54 Å². The quantitative estimate of drug-likeness (QED) is 0.658. The fourth-order valence-electron chi connectivity index (χ4n) is 3.19. The van der Waals surface area contributed by atoms with Gasteiger partial charge in [-0.2, -0.15) is 5.10 Å². The number of hydrogen-bond acceptors (Lipinski definition) is 3. The van der Waals surface area contributed by atoms with E-state index in [4.69, 9.17) is 0 Å². The summed E-state index contributed by atoms with van der Waals surface area (Å²) in [6, 6.07) is 19.0. The highest BCUT2D eigenvalue weighted by Crippen LogP contribution is 2.20. The number of benzene rings is 2. The molecule has 5 nitrogen and oxygen atoms in total. The lowest BCUT2D eigenvalue weighted by Gasteiger charge is -2.23. The molecule has 0 atom stereocenters. The third kappa shape index (κ3) is 4.19. The third-order valence-corrected chi connectivity index (χ3v) is 4.83. The number of nitrogens with zero attached hydrogens (tertiary/aromatic N) is 3. The SMILES string of the molecule is CCc1ccc(-c2ccc(=O)n(CC(=O)N(CC)c3ccccc3C)n2)cc1. The molecule has 0 fully saturated rings. The van der Waals surface area contributed by atoms with Crippen molar-refractivity contribution >= 4 is 11.6 Å². The van der Waals surface area contributed by atoms with Crippen molar-refractivity contribution in [2.75, 3.05) is 11.4 Å². The molecule has 0 saturated heterocycles. The van der Waals surface area contributed by atoms with Crippen molar-refractivity contribution in [3.63, 3.8) is 0 Å². The third-order valence-electron chi connectivity index (χ3n) is 4.83. The minimum atomic E-state index is -0.289. The van der Waals surface area contributed by atoms with Crippen molar-refractivity contribution < 1.29 is 4.79 Å². The van der Waals surface area contributed by atoms with E-state index in [0.29, 0.717) is 12.2 Å². The monoisotopic (exact) mass is 375 g/mol. The number of likely N-dealkylation sites (N-methyl/N-ethyl adjacent to an activating group) is 1. The van der Waals surface area contributed by atoms with Gasteiger partial charge in [0.25, 0.3) is 5.56 Å². The molecule has 0 spiro atoms. The van der Waals surface area contributed by atoms with Gasteiger partial charge >= 0.3 is 0 Å². The second-order valence-electron chi connectivity index (χ2n) is 6.69. The number of aryl methyl sites for hydroxylation is 2.